The fourth-order valence-electron chi connectivity index (χ4n) is 3.56. The fourth-order valence-corrected chi connectivity index (χ4v) is 5.70. The predicted molar refractivity (Wildman–Crippen MR) is 140 cm³/mol. The summed E-state index contributed by atoms with van der Waals surface area (Å²) in [6.07, 6.45) is 0. The topological polar surface area (TPSA) is 84.0 Å². The van der Waals surface area contributed by atoms with E-state index in [4.69, 9.17) is 0 Å². The number of para-hydroxylation sites is 1. The molecule has 0 spiro atoms. The number of nitrogens with one attached hydrogen (secondary N) is 2. The lowest BCUT2D eigenvalue weighted by molar-refractivity contribution is -0.123. The summed E-state index contributed by atoms with van der Waals surface area (Å²) in [7, 11) is 0. The number of benzene rings is 2. The van der Waals surface area contributed by atoms with Crippen LogP contribution < -0.4 is 10.6 Å². The number of thiophene rings is 1. The monoisotopic (exact) mass is 490 g/mol. The highest BCUT2D eigenvalue weighted by Gasteiger charge is 2.20. The molecule has 4 aromatic rings. The number of carbonyl (C=O) groups excluding carboxylic acids is 2. The number of fused-ring (bicyclic) bond motifs is 1. The standard InChI is InChI=1S/C26H26N4O2S2/c1-15-9-8-10-16(2)23(15)30-22(31)14-27-24(32)17(3)33-25-20-13-21(19-11-6-5-7-12-19)34-26(20)29-18(4)28-25/h5-13,17H,14H2,1-4H3,(H,27,32)(H,30,31). The van der Waals surface area contributed by atoms with E-state index in [0.717, 1.165) is 42.5 Å². The van der Waals surface area contributed by atoms with Crippen molar-refractivity contribution in [1.82, 2.24) is 15.3 Å². The Morgan fingerprint density at radius 3 is 2.41 bits per heavy atom. The van der Waals surface area contributed by atoms with Gasteiger partial charge in [0.1, 0.15) is 15.7 Å². The number of amides is 2. The average molecular weight is 491 g/mol. The number of aromatic nitrogens is 2. The molecule has 1 unspecified atom stereocenters. The Labute approximate surface area is 207 Å². The molecule has 0 bridgehead atoms. The number of hydrogen-bond acceptors (Lipinski definition) is 6. The highest BCUT2D eigenvalue weighted by Crippen LogP contribution is 2.37. The molecule has 174 valence electrons. The highest BCUT2D eigenvalue weighted by molar-refractivity contribution is 8.00. The van der Waals surface area contributed by atoms with Crippen molar-refractivity contribution in [2.45, 2.75) is 38.0 Å². The smallest absolute Gasteiger partial charge is 0.243 e. The molecule has 0 aliphatic heterocycles. The molecule has 2 heterocycles. The van der Waals surface area contributed by atoms with Gasteiger partial charge in [0.2, 0.25) is 11.8 Å². The van der Waals surface area contributed by atoms with Crippen molar-refractivity contribution in [3.05, 3.63) is 71.5 Å². The SMILES string of the molecule is Cc1nc(SC(C)C(=O)NCC(=O)Nc2c(C)cccc2C)c2cc(-c3ccccc3)sc2n1. The molecule has 8 heteroatoms. The van der Waals surface area contributed by atoms with Crippen LogP contribution in [0.25, 0.3) is 20.7 Å². The van der Waals surface area contributed by atoms with Crippen molar-refractivity contribution in [3.63, 3.8) is 0 Å². The number of carbonyl (C=O) groups is 2. The first kappa shape index (κ1) is 23.9. The summed E-state index contributed by atoms with van der Waals surface area (Å²) in [5.41, 5.74) is 3.88. The van der Waals surface area contributed by atoms with Gasteiger partial charge in [-0.2, -0.15) is 0 Å². The van der Waals surface area contributed by atoms with Crippen LogP contribution in [0, 0.1) is 20.8 Å². The van der Waals surface area contributed by atoms with Crippen molar-refractivity contribution in [2.24, 2.45) is 0 Å². The van der Waals surface area contributed by atoms with E-state index in [1.54, 1.807) is 11.3 Å². The minimum Gasteiger partial charge on any atom is -0.346 e. The Morgan fingerprint density at radius 2 is 1.71 bits per heavy atom. The molecule has 2 aromatic carbocycles. The maximum absolute atomic E-state index is 12.7. The van der Waals surface area contributed by atoms with E-state index >= 15 is 0 Å². The third-order valence-electron chi connectivity index (χ3n) is 5.35. The van der Waals surface area contributed by atoms with Gasteiger partial charge in [0, 0.05) is 16.0 Å². The zero-order valence-corrected chi connectivity index (χ0v) is 21.1. The summed E-state index contributed by atoms with van der Waals surface area (Å²) >= 11 is 2.99. The van der Waals surface area contributed by atoms with Crippen LogP contribution in [0.2, 0.25) is 0 Å². The molecular formula is C26H26N4O2S2. The van der Waals surface area contributed by atoms with Gasteiger partial charge in [-0.05, 0) is 50.5 Å². The first-order valence-electron chi connectivity index (χ1n) is 11.0. The van der Waals surface area contributed by atoms with Crippen LogP contribution in [0.3, 0.4) is 0 Å². The lowest BCUT2D eigenvalue weighted by Gasteiger charge is -2.14. The quantitative estimate of drug-likeness (QED) is 0.263. The van der Waals surface area contributed by atoms with E-state index in [2.05, 4.69) is 38.8 Å². The molecule has 0 aliphatic rings. The normalized spacial score (nSPS) is 11.9. The van der Waals surface area contributed by atoms with Crippen molar-refractivity contribution < 1.29 is 9.59 Å². The van der Waals surface area contributed by atoms with E-state index in [-0.39, 0.29) is 18.4 Å². The molecule has 0 saturated heterocycles. The highest BCUT2D eigenvalue weighted by atomic mass is 32.2. The van der Waals surface area contributed by atoms with Gasteiger partial charge in [-0.25, -0.2) is 9.97 Å². The molecule has 2 N–H and O–H groups in total. The number of thioether (sulfide) groups is 1. The minimum absolute atomic E-state index is 0.0909. The summed E-state index contributed by atoms with van der Waals surface area (Å²) in [6, 6.07) is 18.1. The Bertz CT molecular complexity index is 1330. The number of aryl methyl sites for hydroxylation is 3. The second kappa shape index (κ2) is 10.4. The third kappa shape index (κ3) is 5.46. The van der Waals surface area contributed by atoms with Gasteiger partial charge in [-0.1, -0.05) is 60.3 Å². The van der Waals surface area contributed by atoms with Crippen LogP contribution in [0.1, 0.15) is 23.9 Å². The lowest BCUT2D eigenvalue weighted by atomic mass is 10.1. The Hall–Kier alpha value is -3.23. The second-order valence-electron chi connectivity index (χ2n) is 8.06. The zero-order valence-electron chi connectivity index (χ0n) is 19.5. The molecule has 34 heavy (non-hydrogen) atoms. The molecule has 1 atom stereocenters. The average Bonchev–Trinajstić information content (AvgIpc) is 3.25. The van der Waals surface area contributed by atoms with E-state index in [1.807, 2.05) is 64.1 Å². The third-order valence-corrected chi connectivity index (χ3v) is 7.53. The molecule has 6 nitrogen and oxygen atoms in total. The van der Waals surface area contributed by atoms with E-state index < -0.39 is 5.25 Å². The van der Waals surface area contributed by atoms with Gasteiger partial charge in [-0.15, -0.1) is 11.3 Å². The molecule has 0 saturated carbocycles. The predicted octanol–water partition coefficient (Wildman–Crippen LogP) is 5.52. The van der Waals surface area contributed by atoms with E-state index in [9.17, 15) is 9.59 Å². The van der Waals surface area contributed by atoms with Crippen molar-refractivity contribution in [1.29, 1.82) is 0 Å². The fraction of sp³-hybridized carbons (Fsp3) is 0.231. The zero-order chi connectivity index (χ0) is 24.2. The lowest BCUT2D eigenvalue weighted by Crippen LogP contribution is -2.37. The van der Waals surface area contributed by atoms with Crippen LogP contribution in [-0.2, 0) is 9.59 Å². The van der Waals surface area contributed by atoms with Gasteiger partial charge in [0.15, 0.2) is 0 Å². The Kier molecular flexibility index (Phi) is 7.29. The maximum Gasteiger partial charge on any atom is 0.243 e. The van der Waals surface area contributed by atoms with Crippen LogP contribution >= 0.6 is 23.1 Å². The Morgan fingerprint density at radius 1 is 1.00 bits per heavy atom. The van der Waals surface area contributed by atoms with Gasteiger partial charge in [0.25, 0.3) is 0 Å². The number of nitrogens with zero attached hydrogens (tertiary/aromatic N) is 2. The number of rotatable bonds is 7. The molecule has 2 aromatic heterocycles. The van der Waals surface area contributed by atoms with Gasteiger partial charge in [-0.3, -0.25) is 9.59 Å². The molecule has 0 radical (unpaired) electrons. The molecule has 0 aliphatic carbocycles. The van der Waals surface area contributed by atoms with E-state index in [1.165, 1.54) is 11.8 Å². The van der Waals surface area contributed by atoms with Gasteiger partial charge < -0.3 is 10.6 Å². The van der Waals surface area contributed by atoms with Crippen molar-refractivity contribution in [3.8, 4) is 10.4 Å². The maximum atomic E-state index is 12.7. The summed E-state index contributed by atoms with van der Waals surface area (Å²) in [5.74, 6) is 0.190. The summed E-state index contributed by atoms with van der Waals surface area (Å²) in [5, 5.41) is 6.91. The summed E-state index contributed by atoms with van der Waals surface area (Å²) in [6.45, 7) is 7.47. The van der Waals surface area contributed by atoms with Crippen LogP contribution in [0.5, 0.6) is 0 Å². The van der Waals surface area contributed by atoms with Crippen LogP contribution in [0.15, 0.2) is 59.6 Å². The number of anilines is 1. The molecule has 2 amide bonds. The summed E-state index contributed by atoms with van der Waals surface area (Å²) in [4.78, 5) is 36.3. The number of hydrogen-bond donors (Lipinski definition) is 2. The van der Waals surface area contributed by atoms with Crippen molar-refractivity contribution >= 4 is 50.8 Å². The molecule has 4 rings (SSSR count). The second-order valence-corrected chi connectivity index (χ2v) is 10.4. The molecular weight excluding hydrogens is 464 g/mol. The van der Waals surface area contributed by atoms with Gasteiger partial charge in [0.05, 0.1) is 11.8 Å². The van der Waals surface area contributed by atoms with Crippen LogP contribution in [-0.4, -0.2) is 33.6 Å². The van der Waals surface area contributed by atoms with Crippen molar-refractivity contribution in [2.75, 3.05) is 11.9 Å². The minimum atomic E-state index is -0.425. The molecule has 0 fully saturated rings. The summed E-state index contributed by atoms with van der Waals surface area (Å²) < 4.78 is 0. The first-order chi connectivity index (χ1) is 16.3. The van der Waals surface area contributed by atoms with E-state index in [0.29, 0.717) is 5.82 Å². The van der Waals surface area contributed by atoms with Gasteiger partial charge >= 0.3 is 0 Å². The first-order valence-corrected chi connectivity index (χ1v) is 12.7. The largest absolute Gasteiger partial charge is 0.346 e. The van der Waals surface area contributed by atoms with Crippen LogP contribution in [0.4, 0.5) is 5.69 Å². The Balaban J connectivity index is 1.43.